The van der Waals surface area contributed by atoms with Crippen molar-refractivity contribution in [2.45, 2.75) is 25.3 Å². The van der Waals surface area contributed by atoms with Gasteiger partial charge in [-0.2, -0.15) is 0 Å². The molecular formula is C23H22FN3O2. The summed E-state index contributed by atoms with van der Waals surface area (Å²) in [6, 6.07) is 14.8. The predicted octanol–water partition coefficient (Wildman–Crippen LogP) is 3.34. The molecule has 2 amide bonds. The molecule has 2 aromatic carbocycles. The summed E-state index contributed by atoms with van der Waals surface area (Å²) in [5.74, 6) is -1.11. The van der Waals surface area contributed by atoms with Crippen LogP contribution in [0.5, 0.6) is 0 Å². The molecule has 1 aliphatic rings. The van der Waals surface area contributed by atoms with Gasteiger partial charge in [-0.3, -0.25) is 14.6 Å². The Morgan fingerprint density at radius 1 is 1.07 bits per heavy atom. The van der Waals surface area contributed by atoms with E-state index >= 15 is 0 Å². The quantitative estimate of drug-likeness (QED) is 0.726. The maximum absolute atomic E-state index is 14.1. The average Bonchev–Trinajstić information content (AvgIpc) is 3.27. The molecule has 0 bridgehead atoms. The van der Waals surface area contributed by atoms with E-state index in [0.29, 0.717) is 30.4 Å². The lowest BCUT2D eigenvalue weighted by atomic mass is 10.0. The second-order valence-corrected chi connectivity index (χ2v) is 7.28. The lowest BCUT2D eigenvalue weighted by Crippen LogP contribution is -2.49. The number of nitrogens with zero attached hydrogens (tertiary/aromatic N) is 2. The first-order chi connectivity index (χ1) is 14.1. The summed E-state index contributed by atoms with van der Waals surface area (Å²) in [6.45, 7) is 1.40. The third-order valence-corrected chi connectivity index (χ3v) is 5.22. The van der Waals surface area contributed by atoms with E-state index < -0.39 is 17.8 Å². The molecule has 3 aromatic rings. The fraction of sp³-hybridized carbons (Fsp3) is 0.261. The Labute approximate surface area is 168 Å². The van der Waals surface area contributed by atoms with E-state index in [1.807, 2.05) is 30.3 Å². The molecule has 1 atom stereocenters. The highest BCUT2D eigenvalue weighted by Gasteiger charge is 2.29. The molecule has 6 heteroatoms. The van der Waals surface area contributed by atoms with Crippen LogP contribution in [0, 0.1) is 5.82 Å². The van der Waals surface area contributed by atoms with Crippen LogP contribution in [-0.2, 0) is 11.2 Å². The van der Waals surface area contributed by atoms with E-state index in [1.165, 1.54) is 12.1 Å². The van der Waals surface area contributed by atoms with Gasteiger partial charge >= 0.3 is 0 Å². The Balaban J connectivity index is 1.63. The number of amides is 2. The zero-order valence-electron chi connectivity index (χ0n) is 16.0. The number of fused-ring (bicyclic) bond motifs is 1. The lowest BCUT2D eigenvalue weighted by molar-refractivity contribution is -0.132. The number of aromatic nitrogens is 1. The zero-order chi connectivity index (χ0) is 20.2. The van der Waals surface area contributed by atoms with Crippen LogP contribution in [0.1, 0.15) is 28.8 Å². The molecule has 0 radical (unpaired) electrons. The molecule has 1 aliphatic heterocycles. The minimum atomic E-state index is -0.718. The first-order valence-corrected chi connectivity index (χ1v) is 9.79. The Kier molecular flexibility index (Phi) is 5.51. The number of benzene rings is 2. The van der Waals surface area contributed by atoms with Gasteiger partial charge in [0.1, 0.15) is 11.9 Å². The SMILES string of the molecule is O=C(N[C@@H](Cc1ccccc1)C(=O)N1CCCC1)c1cc(F)cc2cccnc12. The molecule has 1 fully saturated rings. The van der Waals surface area contributed by atoms with Gasteiger partial charge in [0.2, 0.25) is 5.91 Å². The predicted molar refractivity (Wildman–Crippen MR) is 109 cm³/mol. The molecule has 1 N–H and O–H groups in total. The Morgan fingerprint density at radius 3 is 2.59 bits per heavy atom. The highest BCUT2D eigenvalue weighted by atomic mass is 19.1. The smallest absolute Gasteiger partial charge is 0.254 e. The van der Waals surface area contributed by atoms with Crippen LogP contribution in [0.25, 0.3) is 10.9 Å². The van der Waals surface area contributed by atoms with Crippen molar-refractivity contribution in [2.24, 2.45) is 0 Å². The fourth-order valence-electron chi connectivity index (χ4n) is 3.77. The Bertz CT molecular complexity index is 1030. The number of hydrogen-bond donors (Lipinski definition) is 1. The van der Waals surface area contributed by atoms with E-state index in [9.17, 15) is 14.0 Å². The van der Waals surface area contributed by atoms with Crippen molar-refractivity contribution in [1.82, 2.24) is 15.2 Å². The third kappa shape index (κ3) is 4.26. The Hall–Kier alpha value is -3.28. The summed E-state index contributed by atoms with van der Waals surface area (Å²) in [6.07, 6.45) is 3.88. The van der Waals surface area contributed by atoms with Gasteiger partial charge in [0, 0.05) is 31.1 Å². The van der Waals surface area contributed by atoms with Gasteiger partial charge in [-0.25, -0.2) is 4.39 Å². The van der Waals surface area contributed by atoms with Gasteiger partial charge in [-0.1, -0.05) is 36.4 Å². The molecule has 0 aliphatic carbocycles. The molecule has 5 nitrogen and oxygen atoms in total. The van der Waals surface area contributed by atoms with Gasteiger partial charge in [0.15, 0.2) is 0 Å². The van der Waals surface area contributed by atoms with E-state index in [2.05, 4.69) is 10.3 Å². The van der Waals surface area contributed by atoms with Crippen LogP contribution < -0.4 is 5.32 Å². The third-order valence-electron chi connectivity index (χ3n) is 5.22. The molecule has 148 valence electrons. The first-order valence-electron chi connectivity index (χ1n) is 9.79. The lowest BCUT2D eigenvalue weighted by Gasteiger charge is -2.24. The molecular weight excluding hydrogens is 369 g/mol. The van der Waals surface area contributed by atoms with Crippen molar-refractivity contribution in [2.75, 3.05) is 13.1 Å². The molecule has 0 saturated carbocycles. The van der Waals surface area contributed by atoms with Gasteiger partial charge in [-0.05, 0) is 36.6 Å². The second-order valence-electron chi connectivity index (χ2n) is 7.28. The molecule has 1 aromatic heterocycles. The standard InChI is InChI=1S/C23H22FN3O2/c24-18-14-17-9-6-10-25-21(17)19(15-18)22(28)26-20(13-16-7-2-1-3-8-16)23(29)27-11-4-5-12-27/h1-3,6-10,14-15,20H,4-5,11-13H2,(H,26,28)/t20-/m0/s1. The maximum atomic E-state index is 14.1. The number of hydrogen-bond acceptors (Lipinski definition) is 3. The molecule has 2 heterocycles. The van der Waals surface area contributed by atoms with Crippen LogP contribution >= 0.6 is 0 Å². The number of carbonyl (C=O) groups excluding carboxylic acids is 2. The molecule has 4 rings (SSSR count). The first kappa shape index (κ1) is 19.1. The van der Waals surface area contributed by atoms with Crippen molar-refractivity contribution >= 4 is 22.7 Å². The van der Waals surface area contributed by atoms with Crippen molar-refractivity contribution in [3.8, 4) is 0 Å². The van der Waals surface area contributed by atoms with E-state index in [1.54, 1.807) is 23.2 Å². The van der Waals surface area contributed by atoms with Gasteiger partial charge in [0.25, 0.3) is 5.91 Å². The number of rotatable bonds is 5. The number of likely N-dealkylation sites (tertiary alicyclic amines) is 1. The van der Waals surface area contributed by atoms with Crippen molar-refractivity contribution in [3.05, 3.63) is 77.7 Å². The topological polar surface area (TPSA) is 62.3 Å². The Morgan fingerprint density at radius 2 is 1.83 bits per heavy atom. The molecule has 29 heavy (non-hydrogen) atoms. The van der Waals surface area contributed by atoms with Crippen molar-refractivity contribution in [3.63, 3.8) is 0 Å². The number of carbonyl (C=O) groups is 2. The summed E-state index contributed by atoms with van der Waals surface area (Å²) in [5.41, 5.74) is 1.50. The van der Waals surface area contributed by atoms with Gasteiger partial charge in [-0.15, -0.1) is 0 Å². The summed E-state index contributed by atoms with van der Waals surface area (Å²) in [5, 5.41) is 3.39. The fourth-order valence-corrected chi connectivity index (χ4v) is 3.77. The highest BCUT2D eigenvalue weighted by Crippen LogP contribution is 2.19. The molecule has 0 unspecified atom stereocenters. The van der Waals surface area contributed by atoms with Crippen molar-refractivity contribution in [1.29, 1.82) is 0 Å². The van der Waals surface area contributed by atoms with Crippen LogP contribution in [-0.4, -0.2) is 40.8 Å². The van der Waals surface area contributed by atoms with Gasteiger partial charge in [0.05, 0.1) is 11.1 Å². The molecule has 0 spiro atoms. The number of halogens is 1. The molecule has 1 saturated heterocycles. The van der Waals surface area contributed by atoms with Crippen LogP contribution in [0.4, 0.5) is 4.39 Å². The monoisotopic (exact) mass is 391 g/mol. The van der Waals surface area contributed by atoms with Crippen LogP contribution in [0.2, 0.25) is 0 Å². The number of pyridine rings is 1. The maximum Gasteiger partial charge on any atom is 0.254 e. The van der Waals surface area contributed by atoms with Crippen LogP contribution in [0.15, 0.2) is 60.8 Å². The number of nitrogens with one attached hydrogen (secondary N) is 1. The largest absolute Gasteiger partial charge is 0.341 e. The summed E-state index contributed by atoms with van der Waals surface area (Å²) >= 11 is 0. The average molecular weight is 391 g/mol. The minimum Gasteiger partial charge on any atom is -0.341 e. The summed E-state index contributed by atoms with van der Waals surface area (Å²) < 4.78 is 14.1. The van der Waals surface area contributed by atoms with Crippen LogP contribution in [0.3, 0.4) is 0 Å². The van der Waals surface area contributed by atoms with E-state index in [4.69, 9.17) is 0 Å². The summed E-state index contributed by atoms with van der Waals surface area (Å²) in [7, 11) is 0. The van der Waals surface area contributed by atoms with E-state index in [0.717, 1.165) is 18.4 Å². The van der Waals surface area contributed by atoms with E-state index in [-0.39, 0.29) is 11.5 Å². The summed E-state index contributed by atoms with van der Waals surface area (Å²) in [4.78, 5) is 32.1. The highest BCUT2D eigenvalue weighted by molar-refractivity contribution is 6.06. The normalized spacial score (nSPS) is 14.7. The van der Waals surface area contributed by atoms with Gasteiger partial charge < -0.3 is 10.2 Å². The van der Waals surface area contributed by atoms with Crippen molar-refractivity contribution < 1.29 is 14.0 Å². The minimum absolute atomic E-state index is 0.103. The second kappa shape index (κ2) is 8.39. The zero-order valence-corrected chi connectivity index (χ0v) is 16.0.